The second-order valence-electron chi connectivity index (χ2n) is 3.31. The predicted octanol–water partition coefficient (Wildman–Crippen LogP) is -2.27. The van der Waals surface area contributed by atoms with Crippen LogP contribution in [-0.4, -0.2) is 0 Å². The molecule has 0 saturated carbocycles. The van der Waals surface area contributed by atoms with E-state index in [1.165, 1.54) is 0 Å². The van der Waals surface area contributed by atoms with Crippen molar-refractivity contribution in [3.63, 3.8) is 0 Å². The summed E-state index contributed by atoms with van der Waals surface area (Å²) in [7, 11) is 0. The minimum absolute atomic E-state index is 0. The first kappa shape index (κ1) is 15.4. The van der Waals surface area contributed by atoms with E-state index in [0.717, 1.165) is 22.3 Å². The largest absolute Gasteiger partial charge is 1.00 e. The molecule has 0 aromatic heterocycles. The van der Waals surface area contributed by atoms with Gasteiger partial charge < -0.3 is 0 Å². The van der Waals surface area contributed by atoms with Crippen LogP contribution in [0.5, 0.6) is 0 Å². The molecule has 2 aromatic rings. The maximum Gasteiger partial charge on any atom is 1.00 e. The van der Waals surface area contributed by atoms with Crippen molar-refractivity contribution in [2.24, 2.45) is 0 Å². The van der Waals surface area contributed by atoms with E-state index in [2.05, 4.69) is 26.0 Å². The van der Waals surface area contributed by atoms with E-state index < -0.39 is 0 Å². The second-order valence-corrected chi connectivity index (χ2v) is 3.31. The summed E-state index contributed by atoms with van der Waals surface area (Å²) < 4.78 is 0. The third-order valence-corrected chi connectivity index (χ3v) is 2.32. The fourth-order valence-electron chi connectivity index (χ4n) is 1.57. The van der Waals surface area contributed by atoms with Crippen LogP contribution in [0.1, 0.15) is 11.1 Å². The van der Waals surface area contributed by atoms with Gasteiger partial charge in [0, 0.05) is 0 Å². The molecule has 0 saturated heterocycles. The standard InChI is InChI=1S/C14H12.2Li/c1-11-7-3-5-9-13(11)14-10-6-4-8-12(14)2;;/h3-10H,1-2H2;;/q-2;2*+1. The predicted molar refractivity (Wildman–Crippen MR) is 60.8 cm³/mol. The van der Waals surface area contributed by atoms with Gasteiger partial charge in [0.25, 0.3) is 0 Å². The summed E-state index contributed by atoms with van der Waals surface area (Å²) >= 11 is 0. The van der Waals surface area contributed by atoms with Gasteiger partial charge in [-0.15, -0.1) is 24.3 Å². The van der Waals surface area contributed by atoms with Crippen LogP contribution in [0, 0.1) is 13.8 Å². The SMILES string of the molecule is [CH2-]c1ccccc1-c1ccccc1[CH2-].[Li+].[Li+]. The van der Waals surface area contributed by atoms with Crippen LogP contribution in [0.4, 0.5) is 0 Å². The van der Waals surface area contributed by atoms with Crippen molar-refractivity contribution in [1.82, 2.24) is 0 Å². The number of benzene rings is 2. The van der Waals surface area contributed by atoms with E-state index in [1.54, 1.807) is 0 Å². The molecular weight excluding hydrogens is 182 g/mol. The molecule has 2 aromatic carbocycles. The summed E-state index contributed by atoms with van der Waals surface area (Å²) in [5, 5.41) is 0. The Hall–Kier alpha value is -0.625. The molecule has 0 unspecified atom stereocenters. The first-order chi connectivity index (χ1) is 6.79. The molecule has 0 aliphatic rings. The van der Waals surface area contributed by atoms with Gasteiger partial charge in [-0.25, -0.2) is 0 Å². The summed E-state index contributed by atoms with van der Waals surface area (Å²) in [5.41, 5.74) is 4.42. The van der Waals surface area contributed by atoms with Crippen LogP contribution in [0.3, 0.4) is 0 Å². The molecular formula is C14H12Li2. The topological polar surface area (TPSA) is 0 Å². The van der Waals surface area contributed by atoms with Gasteiger partial charge in [0.05, 0.1) is 0 Å². The maximum atomic E-state index is 4.01. The minimum Gasteiger partial charge on any atom is -0.200 e. The fourth-order valence-corrected chi connectivity index (χ4v) is 1.57. The third-order valence-electron chi connectivity index (χ3n) is 2.32. The van der Waals surface area contributed by atoms with Crippen molar-refractivity contribution in [3.8, 4) is 11.1 Å². The van der Waals surface area contributed by atoms with Crippen LogP contribution < -0.4 is 37.7 Å². The van der Waals surface area contributed by atoms with Gasteiger partial charge in [0.1, 0.15) is 0 Å². The van der Waals surface area contributed by atoms with Crippen LogP contribution in [0.2, 0.25) is 0 Å². The first-order valence-corrected chi connectivity index (χ1v) is 4.61. The quantitative estimate of drug-likeness (QED) is 0.354. The van der Waals surface area contributed by atoms with E-state index in [9.17, 15) is 0 Å². The Morgan fingerprint density at radius 2 is 0.875 bits per heavy atom. The van der Waals surface area contributed by atoms with Crippen LogP contribution >= 0.6 is 0 Å². The summed E-state index contributed by atoms with van der Waals surface area (Å²) in [5.74, 6) is 0. The Morgan fingerprint density at radius 1 is 0.562 bits per heavy atom. The fraction of sp³-hybridized carbons (Fsp3) is 0. The van der Waals surface area contributed by atoms with E-state index in [-0.39, 0.29) is 37.7 Å². The molecule has 0 aliphatic carbocycles. The van der Waals surface area contributed by atoms with Gasteiger partial charge in [0.2, 0.25) is 0 Å². The van der Waals surface area contributed by atoms with E-state index in [4.69, 9.17) is 0 Å². The van der Waals surface area contributed by atoms with Crippen LogP contribution in [0.25, 0.3) is 11.1 Å². The van der Waals surface area contributed by atoms with E-state index >= 15 is 0 Å². The zero-order chi connectivity index (χ0) is 9.97. The van der Waals surface area contributed by atoms with Crippen LogP contribution in [-0.2, 0) is 0 Å². The number of hydrogen-bond donors (Lipinski definition) is 0. The van der Waals surface area contributed by atoms with Crippen LogP contribution in [0.15, 0.2) is 48.5 Å². The Balaban J connectivity index is 0.00000112. The molecule has 2 rings (SSSR count). The molecule has 0 spiro atoms. The molecule has 0 bridgehead atoms. The van der Waals surface area contributed by atoms with Gasteiger partial charge in [-0.2, -0.15) is 48.2 Å². The van der Waals surface area contributed by atoms with Crippen molar-refractivity contribution in [2.45, 2.75) is 0 Å². The van der Waals surface area contributed by atoms with Crippen molar-refractivity contribution >= 4 is 0 Å². The summed E-state index contributed by atoms with van der Waals surface area (Å²) in [6, 6.07) is 16.2. The van der Waals surface area contributed by atoms with Gasteiger partial charge in [-0.05, 0) is 0 Å². The molecule has 0 atom stereocenters. The Bertz CT molecular complexity index is 406. The summed E-state index contributed by atoms with van der Waals surface area (Å²) in [6.07, 6.45) is 0. The smallest absolute Gasteiger partial charge is 0.200 e. The molecule has 70 valence electrons. The third kappa shape index (κ3) is 3.18. The van der Waals surface area contributed by atoms with Gasteiger partial charge in [0.15, 0.2) is 0 Å². The molecule has 0 fully saturated rings. The van der Waals surface area contributed by atoms with Gasteiger partial charge in [-0.3, -0.25) is 0 Å². The molecule has 0 N–H and O–H groups in total. The zero-order valence-electron chi connectivity index (χ0n) is 10.0. The Labute approximate surface area is 122 Å². The van der Waals surface area contributed by atoms with Crippen molar-refractivity contribution in [3.05, 3.63) is 73.5 Å². The van der Waals surface area contributed by atoms with E-state index in [1.807, 2.05) is 36.4 Å². The average molecular weight is 194 g/mol. The average Bonchev–Trinajstić information content (AvgIpc) is 2.20. The van der Waals surface area contributed by atoms with Crippen molar-refractivity contribution in [2.75, 3.05) is 0 Å². The summed E-state index contributed by atoms with van der Waals surface area (Å²) in [6.45, 7) is 8.02. The Morgan fingerprint density at radius 3 is 1.19 bits per heavy atom. The molecule has 0 aliphatic heterocycles. The first-order valence-electron chi connectivity index (χ1n) is 4.61. The molecule has 0 heterocycles. The molecule has 0 nitrogen and oxygen atoms in total. The van der Waals surface area contributed by atoms with Crippen molar-refractivity contribution < 1.29 is 37.7 Å². The number of hydrogen-bond acceptors (Lipinski definition) is 0. The zero-order valence-corrected chi connectivity index (χ0v) is 10.0. The molecule has 2 heteroatoms. The molecule has 16 heavy (non-hydrogen) atoms. The molecule has 0 radical (unpaired) electrons. The monoisotopic (exact) mass is 194 g/mol. The second kappa shape index (κ2) is 6.85. The van der Waals surface area contributed by atoms with Gasteiger partial charge >= 0.3 is 37.7 Å². The molecule has 0 amide bonds. The van der Waals surface area contributed by atoms with Crippen molar-refractivity contribution in [1.29, 1.82) is 0 Å². The maximum absolute atomic E-state index is 4.01. The summed E-state index contributed by atoms with van der Waals surface area (Å²) in [4.78, 5) is 0. The number of rotatable bonds is 1. The Kier molecular flexibility index (Phi) is 6.58. The minimum atomic E-state index is 0. The normalized spacial score (nSPS) is 8.75. The van der Waals surface area contributed by atoms with Gasteiger partial charge in [-0.1, -0.05) is 12.1 Å². The van der Waals surface area contributed by atoms with E-state index in [0.29, 0.717) is 0 Å².